The van der Waals surface area contributed by atoms with Crippen LogP contribution < -0.4 is 15.5 Å². The number of carbonyl (C=O) groups excluding carboxylic acids is 1. The van der Waals surface area contributed by atoms with Gasteiger partial charge in [0.15, 0.2) is 11.0 Å². The number of benzene rings is 1. The molecule has 9 heteroatoms. The van der Waals surface area contributed by atoms with Crippen LogP contribution in [0.4, 0.5) is 11.5 Å². The predicted molar refractivity (Wildman–Crippen MR) is 105 cm³/mol. The molecule has 0 saturated carbocycles. The summed E-state index contributed by atoms with van der Waals surface area (Å²) in [6, 6.07) is 7.35. The van der Waals surface area contributed by atoms with Gasteiger partial charge in [0.1, 0.15) is 11.4 Å². The molecule has 2 aliphatic heterocycles. The van der Waals surface area contributed by atoms with Crippen molar-refractivity contribution in [1.29, 1.82) is 0 Å². The van der Waals surface area contributed by atoms with Crippen LogP contribution in [0.3, 0.4) is 0 Å². The van der Waals surface area contributed by atoms with Gasteiger partial charge < -0.3 is 20.7 Å². The fourth-order valence-electron chi connectivity index (χ4n) is 3.68. The Morgan fingerprint density at radius 3 is 3.07 bits per heavy atom. The molecule has 1 aromatic heterocycles. The van der Waals surface area contributed by atoms with Crippen molar-refractivity contribution in [3.05, 3.63) is 41.6 Å². The topological polar surface area (TPSA) is 108 Å². The van der Waals surface area contributed by atoms with Gasteiger partial charge >= 0.3 is 0 Å². The van der Waals surface area contributed by atoms with Crippen molar-refractivity contribution in [3.8, 4) is 0 Å². The minimum absolute atomic E-state index is 0.00922. The van der Waals surface area contributed by atoms with E-state index in [9.17, 15) is 4.79 Å². The highest BCUT2D eigenvalue weighted by Crippen LogP contribution is 2.34. The number of amidine groups is 1. The molecule has 1 atom stereocenters. The lowest BCUT2D eigenvalue weighted by Gasteiger charge is -2.27. The summed E-state index contributed by atoms with van der Waals surface area (Å²) in [5.41, 5.74) is 7.49. The number of nitrogens with zero attached hydrogens (tertiary/aromatic N) is 5. The Morgan fingerprint density at radius 2 is 2.30 bits per heavy atom. The van der Waals surface area contributed by atoms with Gasteiger partial charge in [-0.15, -0.1) is 0 Å². The first-order valence-electron chi connectivity index (χ1n) is 8.70. The van der Waals surface area contributed by atoms with Crippen LogP contribution in [0.2, 0.25) is 0 Å². The molecule has 140 valence electrons. The fraction of sp³-hybridized carbons (Fsp3) is 0.333. The van der Waals surface area contributed by atoms with Crippen LogP contribution in [-0.4, -0.2) is 52.3 Å². The number of nitrogens with two attached hydrogens (primary N) is 1. The van der Waals surface area contributed by atoms with Gasteiger partial charge in [0.2, 0.25) is 0 Å². The number of carbonyl (C=O) groups is 1. The van der Waals surface area contributed by atoms with E-state index in [-0.39, 0.29) is 17.8 Å². The van der Waals surface area contributed by atoms with Crippen LogP contribution in [0.25, 0.3) is 0 Å². The van der Waals surface area contributed by atoms with Crippen molar-refractivity contribution in [3.63, 3.8) is 0 Å². The predicted octanol–water partition coefficient (Wildman–Crippen LogP) is 1.92. The Balaban J connectivity index is 1.80. The maximum absolute atomic E-state index is 13.3. The fourth-order valence-corrected chi connectivity index (χ4v) is 4.02. The largest absolute Gasteiger partial charge is 0.409 e. The Labute approximate surface area is 161 Å². The number of aromatic nitrogens is 2. The lowest BCUT2D eigenvalue weighted by atomic mass is 10.1. The van der Waals surface area contributed by atoms with E-state index in [2.05, 4.69) is 20.0 Å². The first-order chi connectivity index (χ1) is 13.1. The number of anilines is 2. The van der Waals surface area contributed by atoms with E-state index in [0.717, 1.165) is 25.2 Å². The van der Waals surface area contributed by atoms with E-state index < -0.39 is 0 Å². The Kier molecular flexibility index (Phi) is 4.61. The van der Waals surface area contributed by atoms with E-state index in [1.54, 1.807) is 29.3 Å². The van der Waals surface area contributed by atoms with Crippen LogP contribution in [0.15, 0.2) is 40.8 Å². The third-order valence-corrected chi connectivity index (χ3v) is 5.57. The molecule has 0 aliphatic carbocycles. The first kappa shape index (κ1) is 17.6. The molecule has 27 heavy (non-hydrogen) atoms. The highest BCUT2D eigenvalue weighted by molar-refractivity contribution is 7.98. The normalized spacial score (nSPS) is 19.7. The van der Waals surface area contributed by atoms with Crippen molar-refractivity contribution in [1.82, 2.24) is 9.97 Å². The number of amides is 1. The Morgan fingerprint density at radius 1 is 1.44 bits per heavy atom. The number of rotatable bonds is 3. The molecule has 1 amide bonds. The van der Waals surface area contributed by atoms with Gasteiger partial charge in [0.25, 0.3) is 5.91 Å². The van der Waals surface area contributed by atoms with Crippen molar-refractivity contribution < 1.29 is 10.0 Å². The number of fused-ring (bicyclic) bond motifs is 3. The molecular formula is C18H20N6O2S. The standard InChI is InChI=1S/C18H20N6O2S/c1-27-18-20-9-14-16(21-18)23-7-3-6-13(23)10-24(17(14)25)12-5-2-4-11(8-12)15(19)22-26/h2,4-5,8-9,13,26H,3,6-7,10H2,1H3,(H2,19,22)/t13-/m0/s1. The zero-order valence-corrected chi connectivity index (χ0v) is 15.7. The second kappa shape index (κ2) is 7.07. The molecule has 2 aromatic rings. The lowest BCUT2D eigenvalue weighted by molar-refractivity contribution is 0.0988. The number of thioether (sulfide) groups is 1. The van der Waals surface area contributed by atoms with Crippen LogP contribution in [-0.2, 0) is 0 Å². The lowest BCUT2D eigenvalue weighted by Crippen LogP contribution is -2.39. The molecule has 0 spiro atoms. The number of hydrogen-bond donors (Lipinski definition) is 2. The smallest absolute Gasteiger partial charge is 0.263 e. The van der Waals surface area contributed by atoms with Gasteiger partial charge in [-0.1, -0.05) is 29.1 Å². The average molecular weight is 384 g/mol. The van der Waals surface area contributed by atoms with Crippen LogP contribution >= 0.6 is 11.8 Å². The molecule has 8 nitrogen and oxygen atoms in total. The van der Waals surface area contributed by atoms with Gasteiger partial charge in [0, 0.05) is 36.6 Å². The van der Waals surface area contributed by atoms with Crippen molar-refractivity contribution in [2.24, 2.45) is 10.9 Å². The molecular weight excluding hydrogens is 364 g/mol. The molecule has 1 saturated heterocycles. The molecule has 3 heterocycles. The number of hydrogen-bond acceptors (Lipinski definition) is 7. The zero-order chi connectivity index (χ0) is 19.0. The molecule has 0 bridgehead atoms. The molecule has 1 aromatic carbocycles. The second-order valence-electron chi connectivity index (χ2n) is 6.53. The van der Waals surface area contributed by atoms with Gasteiger partial charge in [-0.05, 0) is 31.2 Å². The summed E-state index contributed by atoms with van der Waals surface area (Å²) in [5, 5.41) is 12.7. The van der Waals surface area contributed by atoms with E-state index in [4.69, 9.17) is 10.9 Å². The van der Waals surface area contributed by atoms with Gasteiger partial charge in [-0.2, -0.15) is 0 Å². The van der Waals surface area contributed by atoms with E-state index in [0.29, 0.717) is 28.5 Å². The van der Waals surface area contributed by atoms with Crippen molar-refractivity contribution >= 4 is 35.0 Å². The van der Waals surface area contributed by atoms with Gasteiger partial charge in [-0.25, -0.2) is 9.97 Å². The second-order valence-corrected chi connectivity index (χ2v) is 7.31. The average Bonchev–Trinajstić information content (AvgIpc) is 3.14. The van der Waals surface area contributed by atoms with Crippen molar-refractivity contribution in [2.75, 3.05) is 29.1 Å². The van der Waals surface area contributed by atoms with Gasteiger partial charge in [0.05, 0.1) is 0 Å². The summed E-state index contributed by atoms with van der Waals surface area (Å²) < 4.78 is 0. The van der Waals surface area contributed by atoms with Crippen LogP contribution in [0, 0.1) is 0 Å². The highest BCUT2D eigenvalue weighted by Gasteiger charge is 2.37. The Bertz CT molecular complexity index is 918. The summed E-state index contributed by atoms with van der Waals surface area (Å²) in [4.78, 5) is 26.2. The van der Waals surface area contributed by atoms with Crippen LogP contribution in [0.5, 0.6) is 0 Å². The summed E-state index contributed by atoms with van der Waals surface area (Å²) in [7, 11) is 0. The Hall–Kier alpha value is -2.81. The summed E-state index contributed by atoms with van der Waals surface area (Å²) >= 11 is 1.46. The monoisotopic (exact) mass is 384 g/mol. The maximum atomic E-state index is 13.3. The molecule has 0 radical (unpaired) electrons. The SMILES string of the molecule is CSc1ncc2c(n1)N1CCC[C@H]1CN(c1cccc(/C(N)=N/O)c1)C2=O. The maximum Gasteiger partial charge on any atom is 0.263 e. The molecule has 4 rings (SSSR count). The third kappa shape index (κ3) is 3.08. The molecule has 3 N–H and O–H groups in total. The van der Waals surface area contributed by atoms with E-state index in [1.807, 2.05) is 12.3 Å². The summed E-state index contributed by atoms with van der Waals surface area (Å²) in [6.45, 7) is 1.44. The quantitative estimate of drug-likeness (QED) is 0.208. The first-order valence-corrected chi connectivity index (χ1v) is 9.92. The van der Waals surface area contributed by atoms with Crippen LogP contribution in [0.1, 0.15) is 28.8 Å². The number of oxime groups is 1. The minimum atomic E-state index is -0.135. The van der Waals surface area contributed by atoms with Gasteiger partial charge in [-0.3, -0.25) is 4.79 Å². The zero-order valence-electron chi connectivity index (χ0n) is 14.9. The van der Waals surface area contributed by atoms with E-state index in [1.165, 1.54) is 11.8 Å². The minimum Gasteiger partial charge on any atom is -0.409 e. The van der Waals surface area contributed by atoms with Crippen molar-refractivity contribution in [2.45, 2.75) is 24.0 Å². The molecule has 2 aliphatic rings. The van der Waals surface area contributed by atoms with E-state index >= 15 is 0 Å². The molecule has 1 fully saturated rings. The third-order valence-electron chi connectivity index (χ3n) is 5.01. The highest BCUT2D eigenvalue weighted by atomic mass is 32.2. The molecule has 0 unspecified atom stereocenters. The summed E-state index contributed by atoms with van der Waals surface area (Å²) in [5.74, 6) is 0.593. The summed E-state index contributed by atoms with van der Waals surface area (Å²) in [6.07, 6.45) is 5.61.